The highest BCUT2D eigenvalue weighted by Gasteiger charge is 2.29. The largest absolute Gasteiger partial charge is 0.454 e. The van der Waals surface area contributed by atoms with Gasteiger partial charge in [0.05, 0.1) is 12.2 Å². The van der Waals surface area contributed by atoms with Crippen LogP contribution in [0.15, 0.2) is 47.4 Å². The highest BCUT2D eigenvalue weighted by atomic mass is 32.2. The summed E-state index contributed by atoms with van der Waals surface area (Å²) in [6.45, 7) is 5.05. The van der Waals surface area contributed by atoms with Gasteiger partial charge in [0.1, 0.15) is 0 Å². The van der Waals surface area contributed by atoms with E-state index in [1.807, 2.05) is 47.0 Å². The number of rotatable bonds is 4. The van der Waals surface area contributed by atoms with Gasteiger partial charge < -0.3 is 19.7 Å². The molecule has 5 rings (SSSR count). The fraction of sp³-hybridized carbons (Fsp3) is 0.440. The number of hydrogen-bond acceptors (Lipinski definition) is 6. The van der Waals surface area contributed by atoms with Crippen LogP contribution in [0.4, 0.5) is 11.4 Å². The van der Waals surface area contributed by atoms with Crippen molar-refractivity contribution in [1.82, 2.24) is 4.90 Å². The van der Waals surface area contributed by atoms with E-state index in [0.717, 1.165) is 44.6 Å². The van der Waals surface area contributed by atoms with Crippen LogP contribution >= 0.6 is 11.8 Å². The van der Waals surface area contributed by atoms with Gasteiger partial charge in [-0.3, -0.25) is 14.5 Å². The highest BCUT2D eigenvalue weighted by molar-refractivity contribution is 8.00. The van der Waals surface area contributed by atoms with E-state index < -0.39 is 0 Å². The summed E-state index contributed by atoms with van der Waals surface area (Å²) in [5.74, 6) is 1.46. The molecular formula is C25H29N3O4S. The molecule has 2 aromatic rings. The molecule has 174 valence electrons. The number of fused-ring (bicyclic) bond motifs is 2. The topological polar surface area (TPSA) is 71.1 Å². The van der Waals surface area contributed by atoms with Crippen LogP contribution in [0.25, 0.3) is 0 Å². The fourth-order valence-electron chi connectivity index (χ4n) is 4.59. The van der Waals surface area contributed by atoms with Crippen molar-refractivity contribution in [3.05, 3.63) is 42.5 Å². The number of thioether (sulfide) groups is 1. The molecular weight excluding hydrogens is 438 g/mol. The second-order valence-corrected chi connectivity index (χ2v) is 10.3. The number of hydrogen-bond donors (Lipinski definition) is 1. The van der Waals surface area contributed by atoms with Crippen LogP contribution in [0.1, 0.15) is 26.2 Å². The predicted molar refractivity (Wildman–Crippen MR) is 129 cm³/mol. The summed E-state index contributed by atoms with van der Waals surface area (Å²) >= 11 is 1.84. The molecule has 2 aromatic carbocycles. The Kier molecular flexibility index (Phi) is 6.46. The maximum absolute atomic E-state index is 13.2. The molecule has 0 aliphatic carbocycles. The smallest absolute Gasteiger partial charge is 0.241 e. The van der Waals surface area contributed by atoms with Crippen molar-refractivity contribution in [3.63, 3.8) is 0 Å². The first-order chi connectivity index (χ1) is 16.1. The molecule has 1 unspecified atom stereocenters. The van der Waals surface area contributed by atoms with Crippen molar-refractivity contribution in [2.45, 2.75) is 36.3 Å². The molecule has 0 radical (unpaired) electrons. The molecule has 0 saturated carbocycles. The van der Waals surface area contributed by atoms with Crippen molar-refractivity contribution in [2.24, 2.45) is 5.92 Å². The maximum atomic E-state index is 13.2. The molecule has 1 N–H and O–H groups in total. The highest BCUT2D eigenvalue weighted by Crippen LogP contribution is 2.37. The SMILES string of the molecule is CC1CCN(C(=O)CN2CCC(C(=O)Nc3ccc4c(c3)OCO4)CC2)c2ccccc2S1. The summed E-state index contributed by atoms with van der Waals surface area (Å²) in [7, 11) is 0. The predicted octanol–water partition coefficient (Wildman–Crippen LogP) is 3.98. The summed E-state index contributed by atoms with van der Waals surface area (Å²) in [6.07, 6.45) is 2.47. The molecule has 3 aliphatic rings. The molecule has 3 heterocycles. The molecule has 0 aromatic heterocycles. The Morgan fingerprint density at radius 2 is 1.82 bits per heavy atom. The van der Waals surface area contributed by atoms with Crippen LogP contribution in [0.2, 0.25) is 0 Å². The third-order valence-corrected chi connectivity index (χ3v) is 7.74. The lowest BCUT2D eigenvalue weighted by Gasteiger charge is -2.32. The molecule has 3 aliphatic heterocycles. The molecule has 1 atom stereocenters. The van der Waals surface area contributed by atoms with E-state index >= 15 is 0 Å². The Bertz CT molecular complexity index is 1040. The second kappa shape index (κ2) is 9.65. The Morgan fingerprint density at radius 1 is 1.03 bits per heavy atom. The van der Waals surface area contributed by atoms with Crippen molar-refractivity contribution >= 4 is 35.0 Å². The number of carbonyl (C=O) groups excluding carboxylic acids is 2. The third kappa shape index (κ3) is 4.96. The Balaban J connectivity index is 1.15. The molecule has 33 heavy (non-hydrogen) atoms. The Labute approximate surface area is 198 Å². The first kappa shape index (κ1) is 22.1. The van der Waals surface area contributed by atoms with E-state index in [0.29, 0.717) is 29.0 Å². The van der Waals surface area contributed by atoms with Crippen molar-refractivity contribution < 1.29 is 19.1 Å². The van der Waals surface area contributed by atoms with Gasteiger partial charge >= 0.3 is 0 Å². The lowest BCUT2D eigenvalue weighted by Crippen LogP contribution is -2.45. The van der Waals surface area contributed by atoms with E-state index in [9.17, 15) is 9.59 Å². The molecule has 2 amide bonds. The number of likely N-dealkylation sites (tertiary alicyclic amines) is 1. The number of carbonyl (C=O) groups is 2. The van der Waals surface area contributed by atoms with Gasteiger partial charge in [-0.2, -0.15) is 0 Å². The van der Waals surface area contributed by atoms with Gasteiger partial charge in [-0.25, -0.2) is 0 Å². The number of amides is 2. The first-order valence-corrected chi connectivity index (χ1v) is 12.4. The van der Waals surface area contributed by atoms with Crippen molar-refractivity contribution in [3.8, 4) is 11.5 Å². The summed E-state index contributed by atoms with van der Waals surface area (Å²) in [5.41, 5.74) is 1.74. The van der Waals surface area contributed by atoms with E-state index in [-0.39, 0.29) is 24.5 Å². The maximum Gasteiger partial charge on any atom is 0.241 e. The minimum atomic E-state index is -0.0575. The monoisotopic (exact) mass is 467 g/mol. The minimum Gasteiger partial charge on any atom is -0.454 e. The normalized spacial score (nSPS) is 20.8. The molecule has 7 nitrogen and oxygen atoms in total. The molecule has 0 spiro atoms. The second-order valence-electron chi connectivity index (χ2n) is 8.84. The van der Waals surface area contributed by atoms with Crippen LogP contribution in [0.3, 0.4) is 0 Å². The number of anilines is 2. The van der Waals surface area contributed by atoms with Gasteiger partial charge in [-0.15, -0.1) is 11.8 Å². The van der Waals surface area contributed by atoms with Gasteiger partial charge in [0.15, 0.2) is 11.5 Å². The lowest BCUT2D eigenvalue weighted by molar-refractivity contribution is -0.122. The van der Waals surface area contributed by atoms with E-state index in [4.69, 9.17) is 9.47 Å². The zero-order valence-corrected chi connectivity index (χ0v) is 19.6. The summed E-state index contributed by atoms with van der Waals surface area (Å²) in [5, 5.41) is 3.49. The van der Waals surface area contributed by atoms with Gasteiger partial charge in [-0.1, -0.05) is 19.1 Å². The zero-order chi connectivity index (χ0) is 22.8. The van der Waals surface area contributed by atoms with Crippen molar-refractivity contribution in [1.29, 1.82) is 0 Å². The van der Waals surface area contributed by atoms with E-state index in [2.05, 4.69) is 23.2 Å². The minimum absolute atomic E-state index is 0.0206. The average molecular weight is 468 g/mol. The van der Waals surface area contributed by atoms with Gasteiger partial charge in [0, 0.05) is 34.4 Å². The summed E-state index contributed by atoms with van der Waals surface area (Å²) in [4.78, 5) is 31.3. The fourth-order valence-corrected chi connectivity index (χ4v) is 5.71. The average Bonchev–Trinajstić information content (AvgIpc) is 3.21. The number of ether oxygens (including phenoxy) is 2. The number of nitrogens with zero attached hydrogens (tertiary/aromatic N) is 2. The van der Waals surface area contributed by atoms with Crippen LogP contribution < -0.4 is 19.7 Å². The zero-order valence-electron chi connectivity index (χ0n) is 18.8. The number of benzene rings is 2. The third-order valence-electron chi connectivity index (χ3n) is 6.50. The summed E-state index contributed by atoms with van der Waals surface area (Å²) < 4.78 is 10.7. The number of piperidine rings is 1. The Morgan fingerprint density at radius 3 is 2.67 bits per heavy atom. The van der Waals surface area contributed by atoms with Crippen LogP contribution in [0.5, 0.6) is 11.5 Å². The molecule has 1 fully saturated rings. The number of nitrogens with one attached hydrogen (secondary N) is 1. The molecule has 1 saturated heterocycles. The lowest BCUT2D eigenvalue weighted by atomic mass is 9.95. The van der Waals surface area contributed by atoms with Gasteiger partial charge in [-0.05, 0) is 56.6 Å². The molecule has 8 heteroatoms. The quantitative estimate of drug-likeness (QED) is 0.733. The van der Waals surface area contributed by atoms with Gasteiger partial charge in [0.25, 0.3) is 0 Å². The van der Waals surface area contributed by atoms with Crippen LogP contribution in [-0.4, -0.2) is 54.9 Å². The Hall–Kier alpha value is -2.71. The van der Waals surface area contributed by atoms with E-state index in [1.54, 1.807) is 6.07 Å². The van der Waals surface area contributed by atoms with Gasteiger partial charge in [0.2, 0.25) is 18.6 Å². The summed E-state index contributed by atoms with van der Waals surface area (Å²) in [6, 6.07) is 13.6. The first-order valence-electron chi connectivity index (χ1n) is 11.6. The van der Waals surface area contributed by atoms with Crippen molar-refractivity contribution in [2.75, 3.05) is 43.2 Å². The standard InChI is InChI=1S/C25H29N3O4S/c1-17-8-13-28(20-4-2-3-5-23(20)33-17)24(29)15-27-11-9-18(10-12-27)25(30)26-19-6-7-21-22(14-19)32-16-31-21/h2-7,14,17-18H,8-13,15-16H2,1H3,(H,26,30). The van der Waals surface area contributed by atoms with Crippen LogP contribution in [0, 0.1) is 5.92 Å². The molecule has 0 bridgehead atoms. The van der Waals surface area contributed by atoms with Crippen LogP contribution in [-0.2, 0) is 9.59 Å². The van der Waals surface area contributed by atoms with E-state index in [1.165, 1.54) is 4.90 Å². The number of para-hydroxylation sites is 1.